The zero-order valence-corrected chi connectivity index (χ0v) is 12.3. The normalized spacial score (nSPS) is 12.8. The van der Waals surface area contributed by atoms with Crippen LogP contribution in [0.2, 0.25) is 0 Å². The van der Waals surface area contributed by atoms with Crippen LogP contribution >= 0.6 is 11.3 Å². The molecule has 1 aromatic rings. The molecule has 0 aliphatic carbocycles. The fourth-order valence-electron chi connectivity index (χ4n) is 1.39. The van der Waals surface area contributed by atoms with Gasteiger partial charge >= 0.3 is 12.0 Å². The number of aliphatic carboxylic acids is 1. The zero-order chi connectivity index (χ0) is 14.6. The van der Waals surface area contributed by atoms with Crippen molar-refractivity contribution in [3.05, 3.63) is 16.6 Å². The first kappa shape index (κ1) is 15.4. The number of thiazole rings is 1. The standard InChI is InChI=1S/C12H19N3O3S/c1-5-8(9-13-6-7-19-9)14-11(18)15(4)12(2,3)10(16)17/h6-8H,5H2,1-4H3,(H,14,18)(H,16,17). The minimum atomic E-state index is -1.26. The van der Waals surface area contributed by atoms with E-state index in [0.29, 0.717) is 6.42 Å². The van der Waals surface area contributed by atoms with E-state index in [-0.39, 0.29) is 6.04 Å². The Morgan fingerprint density at radius 3 is 2.63 bits per heavy atom. The molecule has 0 aliphatic heterocycles. The number of urea groups is 1. The van der Waals surface area contributed by atoms with Crippen molar-refractivity contribution >= 4 is 23.3 Å². The van der Waals surface area contributed by atoms with Crippen LogP contribution in [0.1, 0.15) is 38.2 Å². The summed E-state index contributed by atoms with van der Waals surface area (Å²) in [5, 5.41) is 14.6. The predicted molar refractivity (Wildman–Crippen MR) is 73.2 cm³/mol. The second-order valence-electron chi connectivity index (χ2n) is 4.70. The highest BCUT2D eigenvalue weighted by Gasteiger charge is 2.35. The molecule has 0 aliphatic rings. The third-order valence-electron chi connectivity index (χ3n) is 3.12. The van der Waals surface area contributed by atoms with E-state index in [1.165, 1.54) is 37.1 Å². The summed E-state index contributed by atoms with van der Waals surface area (Å²) >= 11 is 1.46. The Bertz CT molecular complexity index is 445. The first-order valence-electron chi connectivity index (χ1n) is 5.97. The molecule has 1 unspecified atom stereocenters. The van der Waals surface area contributed by atoms with Crippen LogP contribution in [0.15, 0.2) is 11.6 Å². The molecule has 1 atom stereocenters. The maximum atomic E-state index is 12.1. The number of carbonyl (C=O) groups excluding carboxylic acids is 1. The number of hydrogen-bond acceptors (Lipinski definition) is 4. The van der Waals surface area contributed by atoms with Gasteiger partial charge in [0.05, 0.1) is 6.04 Å². The summed E-state index contributed by atoms with van der Waals surface area (Å²) in [4.78, 5) is 28.6. The van der Waals surface area contributed by atoms with Crippen molar-refractivity contribution in [3.63, 3.8) is 0 Å². The van der Waals surface area contributed by atoms with Crippen molar-refractivity contribution in [2.24, 2.45) is 0 Å². The number of aromatic nitrogens is 1. The molecule has 0 saturated heterocycles. The Kier molecular flexibility index (Phi) is 4.88. The van der Waals surface area contributed by atoms with Gasteiger partial charge in [0.25, 0.3) is 0 Å². The Labute approximate surface area is 116 Å². The number of nitrogens with one attached hydrogen (secondary N) is 1. The van der Waals surface area contributed by atoms with Gasteiger partial charge in [0, 0.05) is 18.6 Å². The number of rotatable bonds is 5. The first-order valence-corrected chi connectivity index (χ1v) is 6.85. The van der Waals surface area contributed by atoms with Crippen LogP contribution in [-0.2, 0) is 4.79 Å². The van der Waals surface area contributed by atoms with Crippen LogP contribution in [0.4, 0.5) is 4.79 Å². The summed E-state index contributed by atoms with van der Waals surface area (Å²) in [5.41, 5.74) is -1.26. The van der Waals surface area contributed by atoms with E-state index >= 15 is 0 Å². The summed E-state index contributed by atoms with van der Waals surface area (Å²) in [6.45, 7) is 4.91. The highest BCUT2D eigenvalue weighted by atomic mass is 32.1. The monoisotopic (exact) mass is 285 g/mol. The molecule has 0 saturated carbocycles. The average Bonchev–Trinajstić information content (AvgIpc) is 2.87. The van der Waals surface area contributed by atoms with Gasteiger partial charge in [-0.2, -0.15) is 0 Å². The third-order valence-corrected chi connectivity index (χ3v) is 4.01. The molecular weight excluding hydrogens is 266 g/mol. The van der Waals surface area contributed by atoms with Crippen molar-refractivity contribution in [3.8, 4) is 0 Å². The van der Waals surface area contributed by atoms with Crippen molar-refractivity contribution in [2.75, 3.05) is 7.05 Å². The van der Waals surface area contributed by atoms with Gasteiger partial charge in [-0.15, -0.1) is 11.3 Å². The van der Waals surface area contributed by atoms with Crippen LogP contribution in [0.3, 0.4) is 0 Å². The molecule has 106 valence electrons. The quantitative estimate of drug-likeness (QED) is 0.868. The van der Waals surface area contributed by atoms with Crippen LogP contribution in [0, 0.1) is 0 Å². The van der Waals surface area contributed by atoms with E-state index in [0.717, 1.165) is 5.01 Å². The molecule has 2 amide bonds. The van der Waals surface area contributed by atoms with E-state index in [1.54, 1.807) is 6.20 Å². The lowest BCUT2D eigenvalue weighted by molar-refractivity contribution is -0.146. The molecule has 1 aromatic heterocycles. The number of carboxylic acid groups (broad SMARTS) is 1. The number of carboxylic acids is 1. The van der Waals surface area contributed by atoms with Crippen molar-refractivity contribution in [1.29, 1.82) is 0 Å². The smallest absolute Gasteiger partial charge is 0.329 e. The summed E-state index contributed by atoms with van der Waals surface area (Å²) in [6, 6.07) is -0.617. The Morgan fingerprint density at radius 2 is 2.21 bits per heavy atom. The second-order valence-corrected chi connectivity index (χ2v) is 5.63. The Hall–Kier alpha value is -1.63. The van der Waals surface area contributed by atoms with Gasteiger partial charge in [-0.05, 0) is 20.3 Å². The molecule has 2 N–H and O–H groups in total. The van der Waals surface area contributed by atoms with Gasteiger partial charge in [0.1, 0.15) is 10.5 Å². The van der Waals surface area contributed by atoms with Crippen LogP contribution in [-0.4, -0.2) is 39.6 Å². The number of nitrogens with zero attached hydrogens (tertiary/aromatic N) is 2. The third kappa shape index (κ3) is 3.44. The largest absolute Gasteiger partial charge is 0.480 e. The number of amides is 2. The molecule has 1 heterocycles. The van der Waals surface area contributed by atoms with Gasteiger partial charge in [-0.25, -0.2) is 14.6 Å². The topological polar surface area (TPSA) is 82.5 Å². The SMILES string of the molecule is CCC(NC(=O)N(C)C(C)(C)C(=O)O)c1nccs1. The molecule has 0 radical (unpaired) electrons. The average molecular weight is 285 g/mol. The van der Waals surface area contributed by atoms with Gasteiger partial charge in [-0.1, -0.05) is 6.92 Å². The van der Waals surface area contributed by atoms with Crippen molar-refractivity contribution in [2.45, 2.75) is 38.8 Å². The lowest BCUT2D eigenvalue weighted by Gasteiger charge is -2.32. The van der Waals surface area contributed by atoms with E-state index in [2.05, 4.69) is 10.3 Å². The molecule has 0 aromatic carbocycles. The second kappa shape index (κ2) is 6.01. The fraction of sp³-hybridized carbons (Fsp3) is 0.583. The molecule has 0 fully saturated rings. The van der Waals surface area contributed by atoms with Crippen molar-refractivity contribution in [1.82, 2.24) is 15.2 Å². The van der Waals surface area contributed by atoms with Gasteiger partial charge in [0.2, 0.25) is 0 Å². The summed E-state index contributed by atoms with van der Waals surface area (Å²) in [6.07, 6.45) is 2.38. The summed E-state index contributed by atoms with van der Waals surface area (Å²) in [5.74, 6) is -1.05. The molecule has 1 rings (SSSR count). The number of hydrogen-bond donors (Lipinski definition) is 2. The summed E-state index contributed by atoms with van der Waals surface area (Å²) < 4.78 is 0. The maximum absolute atomic E-state index is 12.1. The van der Waals surface area contributed by atoms with E-state index < -0.39 is 17.5 Å². The van der Waals surface area contributed by atoms with E-state index in [1.807, 2.05) is 12.3 Å². The van der Waals surface area contributed by atoms with Gasteiger partial charge in [0.15, 0.2) is 0 Å². The van der Waals surface area contributed by atoms with E-state index in [4.69, 9.17) is 5.11 Å². The van der Waals surface area contributed by atoms with Crippen molar-refractivity contribution < 1.29 is 14.7 Å². The molecule has 19 heavy (non-hydrogen) atoms. The van der Waals surface area contributed by atoms with Crippen LogP contribution in [0.5, 0.6) is 0 Å². The van der Waals surface area contributed by atoms with E-state index in [9.17, 15) is 9.59 Å². The minimum Gasteiger partial charge on any atom is -0.480 e. The van der Waals surface area contributed by atoms with Gasteiger partial charge in [-0.3, -0.25) is 0 Å². The first-order chi connectivity index (χ1) is 8.80. The highest BCUT2D eigenvalue weighted by Crippen LogP contribution is 2.20. The molecular formula is C12H19N3O3S. The molecule has 6 nitrogen and oxygen atoms in total. The number of carbonyl (C=O) groups is 2. The fourth-order valence-corrected chi connectivity index (χ4v) is 2.16. The molecule has 7 heteroatoms. The maximum Gasteiger partial charge on any atom is 0.329 e. The Morgan fingerprint density at radius 1 is 1.58 bits per heavy atom. The minimum absolute atomic E-state index is 0.195. The molecule has 0 bridgehead atoms. The Balaban J connectivity index is 2.76. The highest BCUT2D eigenvalue weighted by molar-refractivity contribution is 7.09. The van der Waals surface area contributed by atoms with Gasteiger partial charge < -0.3 is 15.3 Å². The lowest BCUT2D eigenvalue weighted by Crippen LogP contribution is -2.54. The van der Waals surface area contributed by atoms with Crippen LogP contribution < -0.4 is 5.32 Å². The number of likely N-dealkylation sites (N-methyl/N-ethyl adjacent to an activating group) is 1. The lowest BCUT2D eigenvalue weighted by atomic mass is 10.0. The molecule has 0 spiro atoms. The predicted octanol–water partition coefficient (Wildman–Crippen LogP) is 2.10. The zero-order valence-electron chi connectivity index (χ0n) is 11.5. The summed E-state index contributed by atoms with van der Waals surface area (Å²) in [7, 11) is 1.47. The van der Waals surface area contributed by atoms with Crippen LogP contribution in [0.25, 0.3) is 0 Å².